The van der Waals surface area contributed by atoms with Gasteiger partial charge in [-0.15, -0.1) is 0 Å². The summed E-state index contributed by atoms with van der Waals surface area (Å²) in [6.45, 7) is 1.79. The first-order valence-corrected chi connectivity index (χ1v) is 6.70. The van der Waals surface area contributed by atoms with Crippen molar-refractivity contribution in [2.45, 2.75) is 25.0 Å². The summed E-state index contributed by atoms with van der Waals surface area (Å²) in [6.07, 6.45) is 0.506. The summed E-state index contributed by atoms with van der Waals surface area (Å²) >= 11 is 6.01. The van der Waals surface area contributed by atoms with Gasteiger partial charge < -0.3 is 14.8 Å². The summed E-state index contributed by atoms with van der Waals surface area (Å²) in [7, 11) is 1.28. The lowest BCUT2D eigenvalue weighted by molar-refractivity contribution is -0.158. The molecule has 3 atom stereocenters. The topological polar surface area (TPSA) is 64.6 Å². The normalized spacial score (nSPS) is 30.9. The summed E-state index contributed by atoms with van der Waals surface area (Å²) in [6, 6.07) is 5.23. The van der Waals surface area contributed by atoms with E-state index in [0.717, 1.165) is 5.56 Å². The largest absolute Gasteiger partial charge is 0.468 e. The number of fused-ring (bicyclic) bond motifs is 4. The van der Waals surface area contributed by atoms with Crippen molar-refractivity contribution in [2.24, 2.45) is 5.92 Å². The van der Waals surface area contributed by atoms with Crippen LogP contribution < -0.4 is 10.1 Å². The lowest BCUT2D eigenvalue weighted by atomic mass is 9.75. The van der Waals surface area contributed by atoms with Crippen LogP contribution in [0.25, 0.3) is 0 Å². The van der Waals surface area contributed by atoms with E-state index in [9.17, 15) is 9.59 Å². The number of methoxy groups -OCH3 is 1. The molecule has 106 valence electrons. The maximum atomic E-state index is 12.2. The number of esters is 1. The summed E-state index contributed by atoms with van der Waals surface area (Å²) in [5.41, 5.74) is -0.0205. The van der Waals surface area contributed by atoms with E-state index in [2.05, 4.69) is 5.32 Å². The number of carbonyl (C=O) groups is 2. The molecule has 0 radical (unpaired) electrons. The van der Waals surface area contributed by atoms with Gasteiger partial charge in [-0.25, -0.2) is 0 Å². The van der Waals surface area contributed by atoms with Crippen molar-refractivity contribution < 1.29 is 19.1 Å². The molecule has 1 amide bonds. The number of benzene rings is 1. The number of piperidine rings is 1. The lowest BCUT2D eigenvalue weighted by Crippen LogP contribution is -2.62. The number of rotatable bonds is 1. The first-order valence-electron chi connectivity index (χ1n) is 6.32. The van der Waals surface area contributed by atoms with Crippen LogP contribution in [0.5, 0.6) is 5.75 Å². The van der Waals surface area contributed by atoms with Gasteiger partial charge in [0, 0.05) is 22.9 Å². The molecule has 0 spiro atoms. The molecule has 0 unspecified atom stereocenters. The second kappa shape index (κ2) is 4.38. The molecule has 20 heavy (non-hydrogen) atoms. The molecule has 0 saturated carbocycles. The summed E-state index contributed by atoms with van der Waals surface area (Å²) in [5.74, 6) is -1.43. The highest BCUT2D eigenvalue weighted by Crippen LogP contribution is 2.47. The van der Waals surface area contributed by atoms with Crippen molar-refractivity contribution in [1.29, 1.82) is 0 Å². The van der Waals surface area contributed by atoms with Gasteiger partial charge in [0.25, 0.3) is 0 Å². The van der Waals surface area contributed by atoms with Gasteiger partial charge in [0.05, 0.1) is 7.11 Å². The van der Waals surface area contributed by atoms with E-state index in [1.54, 1.807) is 25.1 Å². The molecular weight excluding hydrogens is 282 g/mol. The molecule has 6 heteroatoms. The Morgan fingerprint density at radius 2 is 2.30 bits per heavy atom. The number of ether oxygens (including phenoxy) is 2. The molecule has 2 heterocycles. The predicted molar refractivity (Wildman–Crippen MR) is 71.5 cm³/mol. The number of hydrogen-bond donors (Lipinski definition) is 1. The molecule has 1 saturated heterocycles. The molecule has 2 bridgehead atoms. The molecule has 1 aromatic carbocycles. The van der Waals surface area contributed by atoms with Gasteiger partial charge in [-0.2, -0.15) is 0 Å². The first-order chi connectivity index (χ1) is 9.43. The van der Waals surface area contributed by atoms with Crippen LogP contribution >= 0.6 is 11.6 Å². The SMILES string of the molecule is COC(=O)[C@@H]1C(=O)N[C@@]2(C)C[C@@H]1c1cc(Cl)ccc1O2. The Balaban J connectivity index is 2.12. The average molecular weight is 296 g/mol. The van der Waals surface area contributed by atoms with Crippen LogP contribution in [0.4, 0.5) is 0 Å². The van der Waals surface area contributed by atoms with Crippen molar-refractivity contribution in [3.05, 3.63) is 28.8 Å². The van der Waals surface area contributed by atoms with Crippen LogP contribution in [0.1, 0.15) is 24.8 Å². The van der Waals surface area contributed by atoms with Gasteiger partial charge in [-0.1, -0.05) is 11.6 Å². The van der Waals surface area contributed by atoms with E-state index >= 15 is 0 Å². The number of hydrogen-bond acceptors (Lipinski definition) is 4. The van der Waals surface area contributed by atoms with Crippen molar-refractivity contribution in [2.75, 3.05) is 7.11 Å². The highest BCUT2D eigenvalue weighted by Gasteiger charge is 2.52. The molecule has 1 N–H and O–H groups in total. The first kappa shape index (κ1) is 13.2. The average Bonchev–Trinajstić information content (AvgIpc) is 2.38. The van der Waals surface area contributed by atoms with E-state index in [-0.39, 0.29) is 11.8 Å². The molecule has 3 rings (SSSR count). The molecule has 2 aliphatic heterocycles. The lowest BCUT2D eigenvalue weighted by Gasteiger charge is -2.46. The van der Waals surface area contributed by atoms with Crippen molar-refractivity contribution in [3.63, 3.8) is 0 Å². The van der Waals surface area contributed by atoms with Crippen LogP contribution in [0, 0.1) is 5.92 Å². The van der Waals surface area contributed by atoms with Crippen LogP contribution in [-0.2, 0) is 14.3 Å². The molecule has 1 aromatic rings. The number of carbonyl (C=O) groups excluding carboxylic acids is 2. The maximum absolute atomic E-state index is 12.2. The molecular formula is C14H14ClNO4. The Bertz CT molecular complexity index is 603. The van der Waals surface area contributed by atoms with E-state index in [4.69, 9.17) is 21.1 Å². The third kappa shape index (κ3) is 1.93. The molecule has 2 aliphatic rings. The van der Waals surface area contributed by atoms with Gasteiger partial charge in [0.2, 0.25) is 5.91 Å². The fourth-order valence-corrected chi connectivity index (χ4v) is 3.19. The Labute approximate surface area is 121 Å². The zero-order valence-electron chi connectivity index (χ0n) is 11.1. The number of amides is 1. The molecule has 5 nitrogen and oxygen atoms in total. The van der Waals surface area contributed by atoms with Gasteiger partial charge in [0.1, 0.15) is 11.7 Å². The van der Waals surface area contributed by atoms with Crippen LogP contribution in [0.3, 0.4) is 0 Å². The fourth-order valence-electron chi connectivity index (χ4n) is 3.01. The maximum Gasteiger partial charge on any atom is 0.318 e. The quantitative estimate of drug-likeness (QED) is 0.634. The minimum Gasteiger partial charge on any atom is -0.468 e. The zero-order valence-corrected chi connectivity index (χ0v) is 11.9. The monoisotopic (exact) mass is 295 g/mol. The van der Waals surface area contributed by atoms with Gasteiger partial charge in [0.15, 0.2) is 5.72 Å². The van der Waals surface area contributed by atoms with E-state index in [1.807, 2.05) is 0 Å². The minimum atomic E-state index is -0.866. The summed E-state index contributed by atoms with van der Waals surface area (Å²) in [4.78, 5) is 24.1. The zero-order chi connectivity index (χ0) is 14.5. The van der Waals surface area contributed by atoms with Crippen LogP contribution in [0.15, 0.2) is 18.2 Å². The van der Waals surface area contributed by atoms with Crippen molar-refractivity contribution in [1.82, 2.24) is 5.32 Å². The van der Waals surface area contributed by atoms with E-state index < -0.39 is 17.6 Å². The van der Waals surface area contributed by atoms with Gasteiger partial charge in [-0.3, -0.25) is 9.59 Å². The molecule has 0 aliphatic carbocycles. The Kier molecular flexibility index (Phi) is 2.90. The highest BCUT2D eigenvalue weighted by molar-refractivity contribution is 6.30. The smallest absolute Gasteiger partial charge is 0.318 e. The Hall–Kier alpha value is -1.75. The van der Waals surface area contributed by atoms with E-state index in [1.165, 1.54) is 7.11 Å². The second-order valence-corrected chi connectivity index (χ2v) is 5.75. The van der Waals surface area contributed by atoms with Gasteiger partial charge >= 0.3 is 5.97 Å². The predicted octanol–water partition coefficient (Wildman–Crippen LogP) is 1.84. The van der Waals surface area contributed by atoms with E-state index in [0.29, 0.717) is 17.2 Å². The second-order valence-electron chi connectivity index (χ2n) is 5.32. The Morgan fingerprint density at radius 3 is 3.00 bits per heavy atom. The summed E-state index contributed by atoms with van der Waals surface area (Å²) < 4.78 is 10.6. The standard InChI is InChI=1S/C14H14ClNO4/c1-14-6-9(11(12(17)16-14)13(18)19-2)8-5-7(15)3-4-10(8)20-14/h3-5,9,11H,6H2,1-2H3,(H,16,17)/t9-,11+,14-/m1/s1. The van der Waals surface area contributed by atoms with Crippen molar-refractivity contribution in [3.8, 4) is 5.75 Å². The van der Waals surface area contributed by atoms with Crippen LogP contribution in [-0.4, -0.2) is 24.7 Å². The highest BCUT2D eigenvalue weighted by atomic mass is 35.5. The van der Waals surface area contributed by atoms with Crippen LogP contribution in [0.2, 0.25) is 5.02 Å². The van der Waals surface area contributed by atoms with Crippen molar-refractivity contribution >= 4 is 23.5 Å². The molecule has 1 fully saturated rings. The molecule has 0 aromatic heterocycles. The minimum absolute atomic E-state index is 0.288. The number of nitrogens with one attached hydrogen (secondary N) is 1. The Morgan fingerprint density at radius 1 is 1.55 bits per heavy atom. The fraction of sp³-hybridized carbons (Fsp3) is 0.429. The third-order valence-corrected chi connectivity index (χ3v) is 4.08. The number of halogens is 1. The summed E-state index contributed by atoms with van der Waals surface area (Å²) in [5, 5.41) is 3.30. The van der Waals surface area contributed by atoms with Gasteiger partial charge in [-0.05, 0) is 25.1 Å². The third-order valence-electron chi connectivity index (χ3n) is 3.84.